The van der Waals surface area contributed by atoms with Crippen LogP contribution in [0, 0.1) is 26.7 Å². The third-order valence-corrected chi connectivity index (χ3v) is 6.96. The molecule has 7 heteroatoms. The first-order chi connectivity index (χ1) is 13.5. The van der Waals surface area contributed by atoms with Gasteiger partial charge in [0.15, 0.2) is 6.29 Å². The maximum atomic E-state index is 11.0. The summed E-state index contributed by atoms with van der Waals surface area (Å²) in [6, 6.07) is 7.65. The molecule has 1 N–H and O–H groups in total. The summed E-state index contributed by atoms with van der Waals surface area (Å²) >= 11 is 1.63. The number of hydrogen-bond acceptors (Lipinski definition) is 7. The summed E-state index contributed by atoms with van der Waals surface area (Å²) in [6.07, 6.45) is -0.416. The van der Waals surface area contributed by atoms with E-state index >= 15 is 0 Å². The van der Waals surface area contributed by atoms with Gasteiger partial charge in [0, 0.05) is 28.0 Å². The van der Waals surface area contributed by atoms with Crippen LogP contribution in [-0.2, 0) is 9.47 Å². The van der Waals surface area contributed by atoms with Crippen molar-refractivity contribution in [3.63, 3.8) is 0 Å². The van der Waals surface area contributed by atoms with Crippen molar-refractivity contribution in [1.82, 2.24) is 9.97 Å². The number of ether oxygens (including phenoxy) is 3. The minimum atomic E-state index is -0.561. The number of fused-ring (bicyclic) bond motifs is 1. The zero-order valence-corrected chi connectivity index (χ0v) is 17.4. The summed E-state index contributed by atoms with van der Waals surface area (Å²) < 4.78 is 17.3. The Balaban J connectivity index is 1.47. The van der Waals surface area contributed by atoms with E-state index in [1.54, 1.807) is 18.9 Å². The zero-order chi connectivity index (χ0) is 19.8. The SMILES string of the molecule is COc1ccc(C2OC[C@@H]3C[C@@H](Sc4nc(C)nc(C)c4C)[C@H](O)[C@@H]3O2)cc1. The number of aryl methyl sites for hydroxylation is 2. The minimum Gasteiger partial charge on any atom is -0.497 e. The fraction of sp³-hybridized carbons (Fsp3) is 0.524. The highest BCUT2D eigenvalue weighted by Crippen LogP contribution is 2.44. The second-order valence-electron chi connectivity index (χ2n) is 7.47. The van der Waals surface area contributed by atoms with Crippen molar-refractivity contribution in [3.05, 3.63) is 46.9 Å². The van der Waals surface area contributed by atoms with E-state index in [0.29, 0.717) is 6.61 Å². The first-order valence-corrected chi connectivity index (χ1v) is 10.4. The van der Waals surface area contributed by atoms with E-state index in [-0.39, 0.29) is 17.3 Å². The van der Waals surface area contributed by atoms with Crippen molar-refractivity contribution in [2.45, 2.75) is 56.0 Å². The molecule has 1 saturated carbocycles. The first kappa shape index (κ1) is 19.6. The summed E-state index contributed by atoms with van der Waals surface area (Å²) in [5.74, 6) is 1.74. The van der Waals surface area contributed by atoms with Crippen LogP contribution in [0.2, 0.25) is 0 Å². The highest BCUT2D eigenvalue weighted by atomic mass is 32.2. The van der Waals surface area contributed by atoms with Gasteiger partial charge in [0.1, 0.15) is 16.6 Å². The van der Waals surface area contributed by atoms with Crippen molar-refractivity contribution in [1.29, 1.82) is 0 Å². The molecule has 1 unspecified atom stereocenters. The summed E-state index contributed by atoms with van der Waals surface area (Å²) in [5.41, 5.74) is 2.99. The lowest BCUT2D eigenvalue weighted by Crippen LogP contribution is -2.39. The zero-order valence-electron chi connectivity index (χ0n) is 16.6. The summed E-state index contributed by atoms with van der Waals surface area (Å²) in [6.45, 7) is 6.51. The van der Waals surface area contributed by atoms with Gasteiger partial charge in [-0.2, -0.15) is 0 Å². The van der Waals surface area contributed by atoms with Gasteiger partial charge in [-0.1, -0.05) is 23.9 Å². The van der Waals surface area contributed by atoms with Crippen LogP contribution in [0.3, 0.4) is 0 Å². The Bertz CT molecular complexity index is 845. The van der Waals surface area contributed by atoms with Crippen LogP contribution >= 0.6 is 11.8 Å². The highest BCUT2D eigenvalue weighted by molar-refractivity contribution is 8.00. The second-order valence-corrected chi connectivity index (χ2v) is 8.70. The Kier molecular flexibility index (Phi) is 5.60. The Morgan fingerprint density at radius 1 is 1.14 bits per heavy atom. The van der Waals surface area contributed by atoms with Gasteiger partial charge < -0.3 is 19.3 Å². The molecule has 0 spiro atoms. The second kappa shape index (κ2) is 7.99. The minimum absolute atomic E-state index is 0.0283. The average Bonchev–Trinajstić information content (AvgIpc) is 3.01. The lowest BCUT2D eigenvalue weighted by atomic mass is 10.0. The predicted octanol–water partition coefficient (Wildman–Crippen LogP) is 3.37. The molecule has 0 amide bonds. The molecule has 1 aromatic heterocycles. The van der Waals surface area contributed by atoms with Crippen LogP contribution in [0.5, 0.6) is 5.75 Å². The Morgan fingerprint density at radius 3 is 2.61 bits per heavy atom. The number of aromatic nitrogens is 2. The number of rotatable bonds is 4. The van der Waals surface area contributed by atoms with Crippen molar-refractivity contribution < 1.29 is 19.3 Å². The summed E-state index contributed by atoms with van der Waals surface area (Å²) in [7, 11) is 1.64. The standard InChI is InChI=1S/C21H26N2O4S/c1-11-12(2)22-13(3)23-20(11)28-17-9-15-10-26-21(27-19(15)18(17)24)14-5-7-16(25-4)8-6-14/h5-8,15,17-19,21,24H,9-10H2,1-4H3/t15-,17+,18-,19+,21?/m0/s1. The van der Waals surface area contributed by atoms with Crippen LogP contribution in [0.25, 0.3) is 0 Å². The van der Waals surface area contributed by atoms with Gasteiger partial charge in [-0.15, -0.1) is 0 Å². The van der Waals surface area contributed by atoms with E-state index in [9.17, 15) is 5.11 Å². The number of benzene rings is 1. The molecule has 150 valence electrons. The van der Waals surface area contributed by atoms with Gasteiger partial charge >= 0.3 is 0 Å². The predicted molar refractivity (Wildman–Crippen MR) is 107 cm³/mol. The molecule has 1 saturated heterocycles. The van der Waals surface area contributed by atoms with Crippen LogP contribution in [0.4, 0.5) is 0 Å². The molecular weight excluding hydrogens is 376 g/mol. The van der Waals surface area contributed by atoms with Crippen molar-refractivity contribution in [3.8, 4) is 5.75 Å². The molecule has 2 aliphatic rings. The molecule has 0 bridgehead atoms. The quantitative estimate of drug-likeness (QED) is 0.786. The number of hydrogen-bond donors (Lipinski definition) is 1. The molecule has 2 heterocycles. The van der Waals surface area contributed by atoms with E-state index in [4.69, 9.17) is 14.2 Å². The normalized spacial score (nSPS) is 29.5. The maximum absolute atomic E-state index is 11.0. The number of nitrogens with zero attached hydrogens (tertiary/aromatic N) is 2. The number of aliphatic hydroxyl groups excluding tert-OH is 1. The largest absolute Gasteiger partial charge is 0.497 e. The molecule has 6 nitrogen and oxygen atoms in total. The molecule has 4 rings (SSSR count). The molecule has 1 aliphatic carbocycles. The van der Waals surface area contributed by atoms with E-state index in [1.165, 1.54) is 0 Å². The Hall–Kier alpha value is -1.67. The van der Waals surface area contributed by atoms with E-state index in [2.05, 4.69) is 9.97 Å². The van der Waals surface area contributed by atoms with Crippen molar-refractivity contribution >= 4 is 11.8 Å². The monoisotopic (exact) mass is 402 g/mol. The summed E-state index contributed by atoms with van der Waals surface area (Å²) in [5, 5.41) is 11.9. The molecule has 1 aromatic carbocycles. The van der Waals surface area contributed by atoms with Gasteiger partial charge in [-0.3, -0.25) is 0 Å². The van der Waals surface area contributed by atoms with E-state index in [0.717, 1.165) is 39.8 Å². The Morgan fingerprint density at radius 2 is 1.89 bits per heavy atom. The first-order valence-electron chi connectivity index (χ1n) is 9.54. The van der Waals surface area contributed by atoms with E-state index < -0.39 is 12.4 Å². The molecule has 1 aliphatic heterocycles. The van der Waals surface area contributed by atoms with Crippen LogP contribution < -0.4 is 4.74 Å². The lowest BCUT2D eigenvalue weighted by Gasteiger charge is -2.34. The molecule has 2 fully saturated rings. The van der Waals surface area contributed by atoms with Crippen molar-refractivity contribution in [2.75, 3.05) is 13.7 Å². The number of thioether (sulfide) groups is 1. The number of methoxy groups -OCH3 is 1. The fourth-order valence-electron chi connectivity index (χ4n) is 3.86. The lowest BCUT2D eigenvalue weighted by molar-refractivity contribution is -0.248. The molecule has 2 aromatic rings. The fourth-order valence-corrected chi connectivity index (χ4v) is 5.29. The van der Waals surface area contributed by atoms with Crippen LogP contribution in [0.1, 0.15) is 35.4 Å². The van der Waals surface area contributed by atoms with Crippen LogP contribution in [0.15, 0.2) is 29.3 Å². The van der Waals surface area contributed by atoms with Crippen molar-refractivity contribution in [2.24, 2.45) is 5.92 Å². The van der Waals surface area contributed by atoms with Gasteiger partial charge in [-0.05, 0) is 39.3 Å². The average molecular weight is 403 g/mol. The Labute approximate surface area is 169 Å². The van der Waals surface area contributed by atoms with Gasteiger partial charge in [-0.25, -0.2) is 9.97 Å². The molecular formula is C21H26N2O4S. The van der Waals surface area contributed by atoms with Crippen LogP contribution in [-0.4, -0.2) is 46.2 Å². The smallest absolute Gasteiger partial charge is 0.184 e. The topological polar surface area (TPSA) is 73.7 Å². The molecule has 5 atom stereocenters. The summed E-state index contributed by atoms with van der Waals surface area (Å²) in [4.78, 5) is 9.00. The molecule has 0 radical (unpaired) electrons. The van der Waals surface area contributed by atoms with Gasteiger partial charge in [0.2, 0.25) is 0 Å². The maximum Gasteiger partial charge on any atom is 0.184 e. The third kappa shape index (κ3) is 3.76. The van der Waals surface area contributed by atoms with Gasteiger partial charge in [0.05, 0.1) is 25.9 Å². The van der Waals surface area contributed by atoms with E-state index in [1.807, 2.05) is 45.0 Å². The number of aliphatic hydroxyl groups is 1. The van der Waals surface area contributed by atoms with Gasteiger partial charge in [0.25, 0.3) is 0 Å². The highest BCUT2D eigenvalue weighted by Gasteiger charge is 2.48. The third-order valence-electron chi connectivity index (χ3n) is 5.57. The molecule has 28 heavy (non-hydrogen) atoms.